The van der Waals surface area contributed by atoms with Crippen molar-refractivity contribution in [3.63, 3.8) is 0 Å². The molecule has 0 unspecified atom stereocenters. The number of anilines is 2. The van der Waals surface area contributed by atoms with Crippen LogP contribution in [0, 0.1) is 0 Å². The molecular formula is C22H16BrClN4O4. The summed E-state index contributed by atoms with van der Waals surface area (Å²) in [6.45, 7) is 0. The third-order valence-electron chi connectivity index (χ3n) is 4.09. The Labute approximate surface area is 196 Å². The van der Waals surface area contributed by atoms with E-state index in [0.717, 1.165) is 10.7 Å². The fraction of sp³-hybridized carbons (Fsp3) is 0. The Morgan fingerprint density at radius 1 is 0.938 bits per heavy atom. The molecule has 32 heavy (non-hydrogen) atoms. The van der Waals surface area contributed by atoms with Gasteiger partial charge in [-0.1, -0.05) is 39.7 Å². The number of aromatic hydroxyl groups is 1. The van der Waals surface area contributed by atoms with Crippen molar-refractivity contribution in [2.75, 3.05) is 10.6 Å². The Balaban J connectivity index is 1.65. The molecule has 0 saturated carbocycles. The molecule has 8 nitrogen and oxygen atoms in total. The van der Waals surface area contributed by atoms with Crippen LogP contribution in [0.1, 0.15) is 15.9 Å². The highest BCUT2D eigenvalue weighted by atomic mass is 79.9. The van der Waals surface area contributed by atoms with Crippen molar-refractivity contribution >= 4 is 62.8 Å². The summed E-state index contributed by atoms with van der Waals surface area (Å²) < 4.78 is 0.863. The molecule has 4 N–H and O–H groups in total. The van der Waals surface area contributed by atoms with Crippen molar-refractivity contribution in [3.05, 3.63) is 87.4 Å². The van der Waals surface area contributed by atoms with E-state index in [9.17, 15) is 19.5 Å². The molecule has 0 atom stereocenters. The van der Waals surface area contributed by atoms with Crippen molar-refractivity contribution in [2.45, 2.75) is 0 Å². The maximum absolute atomic E-state index is 12.6. The first-order valence-corrected chi connectivity index (χ1v) is 10.3. The Morgan fingerprint density at radius 2 is 1.66 bits per heavy atom. The maximum Gasteiger partial charge on any atom is 0.329 e. The predicted octanol–water partition coefficient (Wildman–Crippen LogP) is 4.15. The second-order valence-corrected chi connectivity index (χ2v) is 7.72. The number of halogens is 2. The van der Waals surface area contributed by atoms with Gasteiger partial charge in [0.25, 0.3) is 5.91 Å². The van der Waals surface area contributed by atoms with Crippen molar-refractivity contribution in [1.29, 1.82) is 0 Å². The van der Waals surface area contributed by atoms with E-state index in [2.05, 4.69) is 37.1 Å². The number of nitrogens with one attached hydrogen (secondary N) is 3. The van der Waals surface area contributed by atoms with Crippen LogP contribution in [-0.2, 0) is 9.59 Å². The minimum Gasteiger partial charge on any atom is -0.507 e. The molecule has 0 spiro atoms. The van der Waals surface area contributed by atoms with Crippen LogP contribution < -0.4 is 16.1 Å². The highest BCUT2D eigenvalue weighted by molar-refractivity contribution is 9.10. The quantitative estimate of drug-likeness (QED) is 0.232. The van der Waals surface area contributed by atoms with E-state index in [0.29, 0.717) is 10.7 Å². The van der Waals surface area contributed by atoms with Gasteiger partial charge < -0.3 is 15.7 Å². The van der Waals surface area contributed by atoms with Gasteiger partial charge >= 0.3 is 11.8 Å². The summed E-state index contributed by atoms with van der Waals surface area (Å²) in [4.78, 5) is 36.9. The number of phenols is 1. The van der Waals surface area contributed by atoms with Crippen molar-refractivity contribution in [2.24, 2.45) is 5.10 Å². The molecule has 0 bridgehead atoms. The first kappa shape index (κ1) is 23.0. The Morgan fingerprint density at radius 3 is 2.41 bits per heavy atom. The van der Waals surface area contributed by atoms with Crippen molar-refractivity contribution in [1.82, 2.24) is 5.43 Å². The zero-order valence-corrected chi connectivity index (χ0v) is 18.6. The van der Waals surface area contributed by atoms with Gasteiger partial charge in [0.2, 0.25) is 0 Å². The van der Waals surface area contributed by atoms with Crippen LogP contribution in [0.5, 0.6) is 5.75 Å². The largest absolute Gasteiger partial charge is 0.507 e. The van der Waals surface area contributed by atoms with E-state index >= 15 is 0 Å². The number of carbonyl (C=O) groups excluding carboxylic acids is 3. The molecule has 3 aromatic carbocycles. The van der Waals surface area contributed by atoms with Gasteiger partial charge in [-0.25, -0.2) is 5.43 Å². The van der Waals surface area contributed by atoms with E-state index in [4.69, 9.17) is 11.6 Å². The minimum atomic E-state index is -1.06. The number of rotatable bonds is 5. The molecule has 162 valence electrons. The Hall–Kier alpha value is -3.69. The monoisotopic (exact) mass is 514 g/mol. The lowest BCUT2D eigenvalue weighted by Gasteiger charge is -2.11. The first-order valence-electron chi connectivity index (χ1n) is 9.12. The molecule has 3 rings (SSSR count). The minimum absolute atomic E-state index is 0.0948. The van der Waals surface area contributed by atoms with Gasteiger partial charge in [0.15, 0.2) is 0 Å². The zero-order chi connectivity index (χ0) is 23.1. The van der Waals surface area contributed by atoms with Crippen molar-refractivity contribution in [3.8, 4) is 5.75 Å². The molecule has 10 heteroatoms. The lowest BCUT2D eigenvalue weighted by molar-refractivity contribution is -0.136. The summed E-state index contributed by atoms with van der Waals surface area (Å²) in [7, 11) is 0. The summed E-state index contributed by atoms with van der Waals surface area (Å²) in [6, 6.07) is 17.5. The van der Waals surface area contributed by atoms with Gasteiger partial charge in [-0.3, -0.25) is 14.4 Å². The number of amides is 3. The summed E-state index contributed by atoms with van der Waals surface area (Å²) in [5, 5.41) is 18.8. The average molecular weight is 516 g/mol. The Bertz CT molecular complexity index is 1200. The van der Waals surface area contributed by atoms with Gasteiger partial charge in [0.1, 0.15) is 5.75 Å². The zero-order valence-electron chi connectivity index (χ0n) is 16.3. The molecule has 3 aromatic rings. The maximum atomic E-state index is 12.6. The number of phenolic OH excluding ortho intramolecular Hbond substituents is 1. The summed E-state index contributed by atoms with van der Waals surface area (Å²) in [5.41, 5.74) is 3.20. The highest BCUT2D eigenvalue weighted by Crippen LogP contribution is 2.20. The van der Waals surface area contributed by atoms with E-state index in [1.54, 1.807) is 36.4 Å². The third kappa shape index (κ3) is 6.16. The summed E-state index contributed by atoms with van der Waals surface area (Å²) in [6.07, 6.45) is 1.14. The highest BCUT2D eigenvalue weighted by Gasteiger charge is 2.18. The number of nitrogens with zero attached hydrogens (tertiary/aromatic N) is 1. The lowest BCUT2D eigenvalue weighted by atomic mass is 10.1. The van der Waals surface area contributed by atoms with E-state index in [1.807, 2.05) is 0 Å². The molecule has 0 aromatic heterocycles. The van der Waals surface area contributed by atoms with Crippen LogP contribution in [0.4, 0.5) is 11.4 Å². The van der Waals surface area contributed by atoms with Crippen molar-refractivity contribution < 1.29 is 19.5 Å². The SMILES string of the molecule is O=C(N/N=C\c1cc(Cl)ccc1O)C(=O)Nc1ccccc1C(=O)Nc1ccc(Br)cc1. The standard InChI is InChI=1S/C22H16BrClN4O4/c23-14-5-8-16(9-6-14)26-20(30)17-3-1-2-4-18(17)27-21(31)22(32)28-25-12-13-11-15(24)7-10-19(13)29/h1-12,29H,(H,26,30)(H,27,31)(H,28,32)/b25-12-. The first-order chi connectivity index (χ1) is 15.3. The van der Waals surface area contributed by atoms with Gasteiger partial charge in [0, 0.05) is 20.7 Å². The Kier molecular flexibility index (Phi) is 7.58. The second kappa shape index (κ2) is 10.6. The molecule has 0 aliphatic heterocycles. The molecule has 0 saturated heterocycles. The number of benzene rings is 3. The number of para-hydroxylation sites is 1. The van der Waals surface area contributed by atoms with Gasteiger partial charge in [-0.15, -0.1) is 0 Å². The molecule has 0 radical (unpaired) electrons. The molecule has 0 aliphatic rings. The lowest BCUT2D eigenvalue weighted by Crippen LogP contribution is -2.33. The number of hydrazone groups is 1. The van der Waals surface area contributed by atoms with Crippen LogP contribution in [0.15, 0.2) is 76.3 Å². The smallest absolute Gasteiger partial charge is 0.329 e. The second-order valence-electron chi connectivity index (χ2n) is 6.36. The number of hydrogen-bond donors (Lipinski definition) is 4. The summed E-state index contributed by atoms with van der Waals surface area (Å²) in [5.74, 6) is -2.65. The average Bonchev–Trinajstić information content (AvgIpc) is 2.78. The predicted molar refractivity (Wildman–Crippen MR) is 126 cm³/mol. The van der Waals surface area contributed by atoms with E-state index in [-0.39, 0.29) is 22.6 Å². The summed E-state index contributed by atoms with van der Waals surface area (Å²) >= 11 is 9.16. The topological polar surface area (TPSA) is 120 Å². The van der Waals surface area contributed by atoms with Crippen LogP contribution in [-0.4, -0.2) is 29.0 Å². The number of hydrogen-bond acceptors (Lipinski definition) is 5. The van der Waals surface area contributed by atoms with Gasteiger partial charge in [-0.05, 0) is 54.6 Å². The molecule has 0 heterocycles. The molecule has 0 fully saturated rings. The fourth-order valence-electron chi connectivity index (χ4n) is 2.54. The molecule has 3 amide bonds. The van der Waals surface area contributed by atoms with E-state index in [1.165, 1.54) is 30.3 Å². The third-order valence-corrected chi connectivity index (χ3v) is 4.85. The normalized spacial score (nSPS) is 10.6. The van der Waals surface area contributed by atoms with Crippen LogP contribution in [0.25, 0.3) is 0 Å². The van der Waals surface area contributed by atoms with Gasteiger partial charge in [-0.2, -0.15) is 5.10 Å². The van der Waals surface area contributed by atoms with Crippen LogP contribution in [0.3, 0.4) is 0 Å². The van der Waals surface area contributed by atoms with E-state index < -0.39 is 17.7 Å². The van der Waals surface area contributed by atoms with Gasteiger partial charge in [0.05, 0.1) is 17.5 Å². The molecular weight excluding hydrogens is 500 g/mol. The molecule has 0 aliphatic carbocycles. The van der Waals surface area contributed by atoms with Crippen LogP contribution in [0.2, 0.25) is 5.02 Å². The number of carbonyl (C=O) groups is 3. The van der Waals surface area contributed by atoms with Crippen LogP contribution >= 0.6 is 27.5 Å². The fourth-order valence-corrected chi connectivity index (χ4v) is 2.99.